The van der Waals surface area contributed by atoms with Crippen LogP contribution in [0.2, 0.25) is 0 Å². The van der Waals surface area contributed by atoms with Crippen LogP contribution >= 0.6 is 0 Å². The van der Waals surface area contributed by atoms with Crippen molar-refractivity contribution >= 4 is 5.97 Å². The van der Waals surface area contributed by atoms with E-state index >= 15 is 0 Å². The number of hydrogen-bond donors (Lipinski definition) is 2. The number of hydrogen-bond acceptors (Lipinski definition) is 6. The third-order valence-corrected chi connectivity index (χ3v) is 6.78. The van der Waals surface area contributed by atoms with Crippen molar-refractivity contribution in [1.82, 2.24) is 5.32 Å². The molecule has 0 amide bonds. The first kappa shape index (κ1) is 29.2. The molecule has 0 atom stereocenters. The van der Waals surface area contributed by atoms with Crippen LogP contribution in [0.15, 0.2) is 84.9 Å². The number of methoxy groups -OCH3 is 1. The molecule has 0 spiro atoms. The Bertz CT molecular complexity index is 1510. The number of nitrogens with zero attached hydrogens (tertiary/aromatic N) is 1. The molecule has 7 heteroatoms. The molecule has 210 valence electrons. The van der Waals surface area contributed by atoms with E-state index in [-0.39, 0.29) is 13.0 Å². The summed E-state index contributed by atoms with van der Waals surface area (Å²) in [5, 5.41) is 21.5. The Hall–Kier alpha value is -4.80. The highest BCUT2D eigenvalue weighted by Crippen LogP contribution is 2.36. The fourth-order valence-corrected chi connectivity index (χ4v) is 4.57. The van der Waals surface area contributed by atoms with Gasteiger partial charge in [0.2, 0.25) is 0 Å². The summed E-state index contributed by atoms with van der Waals surface area (Å²) in [4.78, 5) is 10.9. The maximum absolute atomic E-state index is 10.9. The van der Waals surface area contributed by atoms with E-state index in [4.69, 9.17) is 19.3 Å². The zero-order chi connectivity index (χ0) is 29.0. The van der Waals surface area contributed by atoms with Gasteiger partial charge in [0.05, 0.1) is 24.3 Å². The van der Waals surface area contributed by atoms with Crippen LogP contribution in [-0.2, 0) is 24.6 Å². The molecule has 0 bridgehead atoms. The largest absolute Gasteiger partial charge is 0.496 e. The summed E-state index contributed by atoms with van der Waals surface area (Å²) in [6.45, 7) is 3.69. The van der Waals surface area contributed by atoms with Crippen molar-refractivity contribution in [3.05, 3.63) is 113 Å². The number of rotatable bonds is 14. The molecule has 2 N–H and O–H groups in total. The summed E-state index contributed by atoms with van der Waals surface area (Å²) in [6, 6.07) is 29.6. The van der Waals surface area contributed by atoms with Gasteiger partial charge < -0.3 is 24.6 Å². The Kier molecular flexibility index (Phi) is 10.4. The van der Waals surface area contributed by atoms with E-state index in [2.05, 4.69) is 42.6 Å². The SMILES string of the molecule is COc1cc(OCc2cccc(-c3ccccc3)c2C)cc(OCc2cccc(C#N)c2)c1CNCCCC(=O)O. The van der Waals surface area contributed by atoms with E-state index < -0.39 is 5.97 Å². The number of ether oxygens (including phenoxy) is 3. The van der Waals surface area contributed by atoms with Gasteiger partial charge in [-0.15, -0.1) is 0 Å². The summed E-state index contributed by atoms with van der Waals surface area (Å²) in [7, 11) is 1.60. The number of carbonyl (C=O) groups is 1. The Morgan fingerprint density at radius 1 is 0.927 bits per heavy atom. The highest BCUT2D eigenvalue weighted by molar-refractivity contribution is 5.68. The minimum atomic E-state index is -0.820. The maximum atomic E-state index is 10.9. The van der Waals surface area contributed by atoms with E-state index in [1.54, 1.807) is 19.2 Å². The monoisotopic (exact) mass is 550 g/mol. The molecule has 0 unspecified atom stereocenters. The molecule has 41 heavy (non-hydrogen) atoms. The van der Waals surface area contributed by atoms with E-state index in [9.17, 15) is 10.1 Å². The van der Waals surface area contributed by atoms with Crippen molar-refractivity contribution in [3.63, 3.8) is 0 Å². The normalized spacial score (nSPS) is 10.6. The Morgan fingerprint density at radius 3 is 2.46 bits per heavy atom. The standard InChI is InChI=1S/C34H34N2O5/c1-24-28(13-7-14-30(24)27-11-4-3-5-12-27)23-40-29-18-32(39-2)31(21-36-16-8-15-34(37)38)33(19-29)41-22-26-10-6-9-25(17-26)20-35/h3-7,9-14,17-19,36H,8,15-16,21-23H2,1-2H3,(H,37,38). The molecule has 0 aliphatic rings. The topological polar surface area (TPSA) is 101 Å². The first-order valence-corrected chi connectivity index (χ1v) is 13.5. The minimum Gasteiger partial charge on any atom is -0.496 e. The maximum Gasteiger partial charge on any atom is 0.303 e. The molecule has 7 nitrogen and oxygen atoms in total. The Balaban J connectivity index is 1.56. The van der Waals surface area contributed by atoms with E-state index in [1.807, 2.05) is 48.5 Å². The third-order valence-electron chi connectivity index (χ3n) is 6.78. The van der Waals surface area contributed by atoms with Gasteiger partial charge in [0, 0.05) is 25.1 Å². The van der Waals surface area contributed by atoms with E-state index in [1.165, 1.54) is 0 Å². The van der Waals surface area contributed by atoms with Gasteiger partial charge in [-0.25, -0.2) is 0 Å². The second kappa shape index (κ2) is 14.5. The second-order valence-electron chi connectivity index (χ2n) is 9.62. The summed E-state index contributed by atoms with van der Waals surface area (Å²) in [6.07, 6.45) is 0.609. The molecular formula is C34H34N2O5. The minimum absolute atomic E-state index is 0.0976. The van der Waals surface area contributed by atoms with Crippen molar-refractivity contribution in [3.8, 4) is 34.4 Å². The van der Waals surface area contributed by atoms with Crippen molar-refractivity contribution in [2.45, 2.75) is 39.5 Å². The molecule has 0 heterocycles. The molecule has 4 rings (SSSR count). The molecule has 0 saturated carbocycles. The fourth-order valence-electron chi connectivity index (χ4n) is 4.57. The van der Waals surface area contributed by atoms with Gasteiger partial charge in [0.1, 0.15) is 30.5 Å². The predicted octanol–water partition coefficient (Wildman–Crippen LogP) is 6.65. The zero-order valence-electron chi connectivity index (χ0n) is 23.4. The number of carboxylic acid groups (broad SMARTS) is 1. The molecule has 0 fully saturated rings. The lowest BCUT2D eigenvalue weighted by molar-refractivity contribution is -0.137. The van der Waals surface area contributed by atoms with Crippen LogP contribution in [0, 0.1) is 18.3 Å². The average molecular weight is 551 g/mol. The van der Waals surface area contributed by atoms with Crippen LogP contribution in [0.5, 0.6) is 17.2 Å². The van der Waals surface area contributed by atoms with Crippen LogP contribution in [0.1, 0.15) is 40.7 Å². The van der Waals surface area contributed by atoms with Gasteiger partial charge in [-0.3, -0.25) is 4.79 Å². The molecule has 0 saturated heterocycles. The lowest BCUT2D eigenvalue weighted by Gasteiger charge is -2.19. The summed E-state index contributed by atoms with van der Waals surface area (Å²) in [5.74, 6) is 0.965. The molecule has 0 aliphatic heterocycles. The van der Waals surface area contributed by atoms with Gasteiger partial charge in [0.25, 0.3) is 0 Å². The number of carboxylic acids is 1. The number of benzene rings is 4. The Morgan fingerprint density at radius 2 is 1.71 bits per heavy atom. The predicted molar refractivity (Wildman–Crippen MR) is 158 cm³/mol. The first-order valence-electron chi connectivity index (χ1n) is 13.5. The molecular weight excluding hydrogens is 516 g/mol. The van der Waals surface area contributed by atoms with Crippen LogP contribution in [-0.4, -0.2) is 24.7 Å². The molecule has 0 aromatic heterocycles. The van der Waals surface area contributed by atoms with Crippen molar-refractivity contribution in [2.24, 2.45) is 0 Å². The van der Waals surface area contributed by atoms with Gasteiger partial charge in [0.15, 0.2) is 0 Å². The smallest absolute Gasteiger partial charge is 0.303 e. The van der Waals surface area contributed by atoms with Gasteiger partial charge in [-0.1, -0.05) is 60.7 Å². The highest BCUT2D eigenvalue weighted by Gasteiger charge is 2.16. The summed E-state index contributed by atoms with van der Waals surface area (Å²) < 4.78 is 18.2. The number of nitrogens with one attached hydrogen (secondary N) is 1. The van der Waals surface area contributed by atoms with Crippen LogP contribution in [0.25, 0.3) is 11.1 Å². The molecule has 4 aromatic rings. The number of aliphatic carboxylic acids is 1. The van der Waals surface area contributed by atoms with Gasteiger partial charge in [-0.05, 0) is 59.8 Å². The van der Waals surface area contributed by atoms with Crippen molar-refractivity contribution in [1.29, 1.82) is 5.26 Å². The van der Waals surface area contributed by atoms with Gasteiger partial charge >= 0.3 is 5.97 Å². The molecule has 0 radical (unpaired) electrons. The third kappa shape index (κ3) is 8.10. The summed E-state index contributed by atoms with van der Waals surface area (Å²) in [5.41, 5.74) is 6.78. The molecule has 4 aromatic carbocycles. The fraction of sp³-hybridized carbons (Fsp3) is 0.235. The van der Waals surface area contributed by atoms with Crippen molar-refractivity contribution < 1.29 is 24.1 Å². The highest BCUT2D eigenvalue weighted by atomic mass is 16.5. The lowest BCUT2D eigenvalue weighted by Crippen LogP contribution is -2.17. The quantitative estimate of drug-likeness (QED) is 0.169. The van der Waals surface area contributed by atoms with Gasteiger partial charge in [-0.2, -0.15) is 5.26 Å². The number of nitriles is 1. The van der Waals surface area contributed by atoms with Crippen LogP contribution in [0.3, 0.4) is 0 Å². The van der Waals surface area contributed by atoms with Crippen LogP contribution in [0.4, 0.5) is 0 Å². The van der Waals surface area contributed by atoms with E-state index in [0.717, 1.165) is 33.4 Å². The average Bonchev–Trinajstić information content (AvgIpc) is 3.00. The molecule has 0 aliphatic carbocycles. The second-order valence-corrected chi connectivity index (χ2v) is 9.62. The zero-order valence-corrected chi connectivity index (χ0v) is 23.4. The summed E-state index contributed by atoms with van der Waals surface area (Å²) >= 11 is 0. The first-order chi connectivity index (χ1) is 20.0. The lowest BCUT2D eigenvalue weighted by atomic mass is 9.97. The van der Waals surface area contributed by atoms with Crippen LogP contribution < -0.4 is 19.5 Å². The van der Waals surface area contributed by atoms with E-state index in [0.29, 0.717) is 48.9 Å². The Labute approximate surface area is 240 Å². The van der Waals surface area contributed by atoms with Crippen molar-refractivity contribution in [2.75, 3.05) is 13.7 Å².